The maximum Gasteiger partial charge on any atom is 0.221 e. The van der Waals surface area contributed by atoms with E-state index in [9.17, 15) is 0 Å². The Morgan fingerprint density at radius 1 is 1.20 bits per heavy atom. The molecule has 1 heterocycles. The number of benzene rings is 1. The maximum atomic E-state index is 6.19. The number of pyridine rings is 1. The molecule has 0 saturated carbocycles. The molecule has 0 atom stereocenters. The van der Waals surface area contributed by atoms with Gasteiger partial charge in [-0.2, -0.15) is 0 Å². The van der Waals surface area contributed by atoms with Gasteiger partial charge in [0.05, 0.1) is 17.8 Å². The number of methoxy groups -OCH3 is 1. The lowest BCUT2D eigenvalue weighted by Crippen LogP contribution is -1.93. The summed E-state index contributed by atoms with van der Waals surface area (Å²) in [5, 5.41) is 2.66. The van der Waals surface area contributed by atoms with Gasteiger partial charge in [0.25, 0.3) is 0 Å². The number of ether oxygens (including phenoxy) is 1. The number of halogens is 1. The topological polar surface area (TPSA) is 22.1 Å². The SMILES string of the molecule is COc1nc(C)c(Cl)c2ccc(C)cc12. The Labute approximate surface area is 93.8 Å². The van der Waals surface area contributed by atoms with Gasteiger partial charge in [0.15, 0.2) is 0 Å². The van der Waals surface area contributed by atoms with Crippen molar-refractivity contribution in [3.63, 3.8) is 0 Å². The van der Waals surface area contributed by atoms with Crippen LogP contribution in [0.4, 0.5) is 0 Å². The van der Waals surface area contributed by atoms with Crippen molar-refractivity contribution in [1.82, 2.24) is 4.98 Å². The van der Waals surface area contributed by atoms with Crippen molar-refractivity contribution in [1.29, 1.82) is 0 Å². The summed E-state index contributed by atoms with van der Waals surface area (Å²) in [5.41, 5.74) is 1.97. The average Bonchev–Trinajstić information content (AvgIpc) is 2.23. The molecule has 3 heteroatoms. The molecule has 0 aliphatic heterocycles. The summed E-state index contributed by atoms with van der Waals surface area (Å²) in [6.07, 6.45) is 0. The number of rotatable bonds is 1. The Morgan fingerprint density at radius 2 is 1.93 bits per heavy atom. The predicted octanol–water partition coefficient (Wildman–Crippen LogP) is 3.51. The van der Waals surface area contributed by atoms with Crippen LogP contribution < -0.4 is 4.74 Å². The smallest absolute Gasteiger partial charge is 0.221 e. The van der Waals surface area contributed by atoms with E-state index >= 15 is 0 Å². The third-order valence-corrected chi connectivity index (χ3v) is 2.90. The first-order valence-corrected chi connectivity index (χ1v) is 5.11. The van der Waals surface area contributed by atoms with Gasteiger partial charge in [0.2, 0.25) is 5.88 Å². The van der Waals surface area contributed by atoms with E-state index in [0.29, 0.717) is 10.9 Å². The largest absolute Gasteiger partial charge is 0.481 e. The molecular formula is C12H12ClNO. The van der Waals surface area contributed by atoms with Gasteiger partial charge in [-0.3, -0.25) is 0 Å². The predicted molar refractivity (Wildman–Crippen MR) is 62.8 cm³/mol. The summed E-state index contributed by atoms with van der Waals surface area (Å²) >= 11 is 6.19. The van der Waals surface area contributed by atoms with Crippen molar-refractivity contribution in [2.75, 3.05) is 7.11 Å². The van der Waals surface area contributed by atoms with E-state index < -0.39 is 0 Å². The molecule has 0 aliphatic carbocycles. The van der Waals surface area contributed by atoms with E-state index in [0.717, 1.165) is 16.5 Å². The van der Waals surface area contributed by atoms with Crippen LogP contribution in [-0.4, -0.2) is 12.1 Å². The second-order valence-corrected chi connectivity index (χ2v) is 3.95. The van der Waals surface area contributed by atoms with E-state index in [1.165, 1.54) is 5.56 Å². The lowest BCUT2D eigenvalue weighted by molar-refractivity contribution is 0.402. The van der Waals surface area contributed by atoms with E-state index in [4.69, 9.17) is 16.3 Å². The second-order valence-electron chi connectivity index (χ2n) is 3.57. The summed E-state index contributed by atoms with van der Waals surface area (Å²) in [4.78, 5) is 4.31. The Bertz CT molecular complexity index is 523. The van der Waals surface area contributed by atoms with Crippen LogP contribution in [0.2, 0.25) is 5.02 Å². The van der Waals surface area contributed by atoms with Crippen LogP contribution in [0.15, 0.2) is 18.2 Å². The van der Waals surface area contributed by atoms with Crippen LogP contribution in [0, 0.1) is 13.8 Å². The van der Waals surface area contributed by atoms with Gasteiger partial charge in [-0.05, 0) is 19.9 Å². The number of hydrogen-bond donors (Lipinski definition) is 0. The molecule has 78 valence electrons. The van der Waals surface area contributed by atoms with E-state index in [1.54, 1.807) is 7.11 Å². The van der Waals surface area contributed by atoms with Crippen LogP contribution >= 0.6 is 11.6 Å². The average molecular weight is 222 g/mol. The zero-order chi connectivity index (χ0) is 11.0. The summed E-state index contributed by atoms with van der Waals surface area (Å²) in [6, 6.07) is 6.07. The van der Waals surface area contributed by atoms with Gasteiger partial charge in [-0.1, -0.05) is 29.3 Å². The van der Waals surface area contributed by atoms with Gasteiger partial charge in [-0.25, -0.2) is 4.98 Å². The number of nitrogens with zero attached hydrogens (tertiary/aromatic N) is 1. The van der Waals surface area contributed by atoms with Crippen molar-refractivity contribution in [3.8, 4) is 5.88 Å². The quantitative estimate of drug-likeness (QED) is 0.735. The third kappa shape index (κ3) is 1.65. The van der Waals surface area contributed by atoms with Gasteiger partial charge in [0, 0.05) is 10.8 Å². The molecule has 2 nitrogen and oxygen atoms in total. The monoisotopic (exact) mass is 221 g/mol. The first kappa shape index (κ1) is 10.2. The number of aromatic nitrogens is 1. The van der Waals surface area contributed by atoms with E-state index in [2.05, 4.69) is 4.98 Å². The minimum atomic E-state index is 0.635. The molecular weight excluding hydrogens is 210 g/mol. The Morgan fingerprint density at radius 3 is 2.60 bits per heavy atom. The highest BCUT2D eigenvalue weighted by molar-refractivity contribution is 6.36. The second kappa shape index (κ2) is 3.70. The molecule has 0 saturated heterocycles. The van der Waals surface area contributed by atoms with Gasteiger partial charge >= 0.3 is 0 Å². The summed E-state index contributed by atoms with van der Waals surface area (Å²) < 4.78 is 5.25. The highest BCUT2D eigenvalue weighted by Gasteiger charge is 2.09. The molecule has 0 unspecified atom stereocenters. The Balaban J connectivity index is 2.90. The molecule has 0 spiro atoms. The lowest BCUT2D eigenvalue weighted by Gasteiger charge is -2.09. The third-order valence-electron chi connectivity index (χ3n) is 2.42. The van der Waals surface area contributed by atoms with Crippen molar-refractivity contribution in [2.24, 2.45) is 0 Å². The number of aryl methyl sites for hydroxylation is 2. The molecule has 0 bridgehead atoms. The Hall–Kier alpha value is -1.28. The molecule has 1 aromatic carbocycles. The van der Waals surface area contributed by atoms with Crippen LogP contribution in [0.3, 0.4) is 0 Å². The molecule has 15 heavy (non-hydrogen) atoms. The maximum absolute atomic E-state index is 6.19. The normalized spacial score (nSPS) is 10.7. The molecule has 0 radical (unpaired) electrons. The fourth-order valence-corrected chi connectivity index (χ4v) is 1.85. The van der Waals surface area contributed by atoms with Crippen LogP contribution in [0.5, 0.6) is 5.88 Å². The fourth-order valence-electron chi connectivity index (χ4n) is 1.64. The first-order chi connectivity index (χ1) is 7.13. The van der Waals surface area contributed by atoms with Gasteiger partial charge in [0.1, 0.15) is 0 Å². The minimum absolute atomic E-state index is 0.635. The van der Waals surface area contributed by atoms with Crippen molar-refractivity contribution in [3.05, 3.63) is 34.5 Å². The first-order valence-electron chi connectivity index (χ1n) is 4.74. The van der Waals surface area contributed by atoms with Crippen molar-refractivity contribution < 1.29 is 4.74 Å². The summed E-state index contributed by atoms with van der Waals surface area (Å²) in [7, 11) is 1.62. The molecule has 0 fully saturated rings. The number of hydrogen-bond acceptors (Lipinski definition) is 2. The fraction of sp³-hybridized carbons (Fsp3) is 0.250. The Kier molecular flexibility index (Phi) is 2.53. The molecule has 0 aliphatic rings. The molecule has 2 rings (SSSR count). The van der Waals surface area contributed by atoms with E-state index in [1.807, 2.05) is 32.0 Å². The zero-order valence-electron chi connectivity index (χ0n) is 8.97. The summed E-state index contributed by atoms with van der Waals surface area (Å²) in [5.74, 6) is 0.635. The number of fused-ring (bicyclic) bond motifs is 1. The highest BCUT2D eigenvalue weighted by Crippen LogP contribution is 2.32. The van der Waals surface area contributed by atoms with Crippen molar-refractivity contribution >= 4 is 22.4 Å². The molecule has 1 aromatic heterocycles. The van der Waals surface area contributed by atoms with Crippen LogP contribution in [0.1, 0.15) is 11.3 Å². The summed E-state index contributed by atoms with van der Waals surface area (Å²) in [6.45, 7) is 3.91. The molecule has 0 amide bonds. The molecule has 0 N–H and O–H groups in total. The van der Waals surface area contributed by atoms with Gasteiger partial charge < -0.3 is 4.74 Å². The van der Waals surface area contributed by atoms with Crippen molar-refractivity contribution in [2.45, 2.75) is 13.8 Å². The highest BCUT2D eigenvalue weighted by atomic mass is 35.5. The lowest BCUT2D eigenvalue weighted by atomic mass is 10.1. The van der Waals surface area contributed by atoms with Crippen LogP contribution in [0.25, 0.3) is 10.8 Å². The standard InChI is InChI=1S/C12H12ClNO/c1-7-4-5-9-10(6-7)12(15-3)14-8(2)11(9)13/h4-6H,1-3H3. The van der Waals surface area contributed by atoms with Gasteiger partial charge in [-0.15, -0.1) is 0 Å². The zero-order valence-corrected chi connectivity index (χ0v) is 9.72. The molecule has 2 aromatic rings. The minimum Gasteiger partial charge on any atom is -0.481 e. The van der Waals surface area contributed by atoms with Crippen LogP contribution in [-0.2, 0) is 0 Å². The van der Waals surface area contributed by atoms with E-state index in [-0.39, 0.29) is 0 Å².